The van der Waals surface area contributed by atoms with Crippen molar-refractivity contribution >= 4 is 0 Å². The van der Waals surface area contributed by atoms with Crippen molar-refractivity contribution in [2.75, 3.05) is 6.54 Å². The molecule has 3 heteroatoms. The number of nitrogens with zero attached hydrogens (tertiary/aromatic N) is 1. The first-order chi connectivity index (χ1) is 5.85. The van der Waals surface area contributed by atoms with Crippen LogP contribution < -0.4 is 5.73 Å². The molecular formula is C12H24N2Y-2. The van der Waals surface area contributed by atoms with Gasteiger partial charge in [0.15, 0.2) is 0 Å². The molecule has 15 heavy (non-hydrogen) atoms. The van der Waals surface area contributed by atoms with Gasteiger partial charge in [-0.25, -0.2) is 0 Å². The number of nitrogens with two attached hydrogens (primary N) is 1. The predicted molar refractivity (Wildman–Crippen MR) is 61.3 cm³/mol. The van der Waals surface area contributed by atoms with Crippen molar-refractivity contribution in [2.45, 2.75) is 38.8 Å². The molecular weight excluding hydrogens is 261 g/mol. The molecule has 2 aliphatic rings. The smallest absolute Gasteiger partial charge is 0 e. The van der Waals surface area contributed by atoms with Gasteiger partial charge in [0.2, 0.25) is 0 Å². The summed E-state index contributed by atoms with van der Waals surface area (Å²) in [5.74, 6) is 2.28. The summed E-state index contributed by atoms with van der Waals surface area (Å²) in [5.41, 5.74) is 6.24. The van der Waals surface area contributed by atoms with E-state index < -0.39 is 0 Å². The van der Waals surface area contributed by atoms with Gasteiger partial charge < -0.3 is 18.1 Å². The zero-order valence-electron chi connectivity index (χ0n) is 10.7. The van der Waals surface area contributed by atoms with Gasteiger partial charge in [-0.15, -0.1) is 0 Å². The Bertz CT molecular complexity index is 216. The molecule has 1 saturated heterocycles. The SMILES string of the molecule is [CH2-]N1C(C)(C)[C@@H]2C(CN)[C@@H]2C1(C)C.[CH3-].[Y]. The molecule has 2 rings (SSSR count). The summed E-state index contributed by atoms with van der Waals surface area (Å²) in [6, 6.07) is 0. The molecule has 2 nitrogen and oxygen atoms in total. The second-order valence-electron chi connectivity index (χ2n) is 5.69. The van der Waals surface area contributed by atoms with Gasteiger partial charge in [0, 0.05) is 32.7 Å². The fraction of sp³-hybridized carbons (Fsp3) is 0.833. The van der Waals surface area contributed by atoms with Gasteiger partial charge >= 0.3 is 0 Å². The molecule has 0 bridgehead atoms. The minimum atomic E-state index is 0. The first kappa shape index (κ1) is 16.0. The maximum atomic E-state index is 5.77. The summed E-state index contributed by atoms with van der Waals surface area (Å²) in [4.78, 5) is 2.28. The second-order valence-corrected chi connectivity index (χ2v) is 5.69. The zero-order valence-corrected chi connectivity index (χ0v) is 13.6. The number of likely N-dealkylation sites (tertiary alicyclic amines) is 1. The third kappa shape index (κ3) is 1.86. The standard InChI is InChI=1S/C11H21N2.CH3.Y/c1-10(2)8-7(6-12)9(8)11(3,4)13(10)5;;/h7-9H,5-6,12H2,1-4H3;1H3;/q2*-1;/t7?,8-,9+;;. The van der Waals surface area contributed by atoms with E-state index in [0.717, 1.165) is 24.3 Å². The molecule has 1 aliphatic heterocycles. The monoisotopic (exact) mass is 285 g/mol. The number of piperidine rings is 1. The van der Waals surface area contributed by atoms with Crippen LogP contribution >= 0.6 is 0 Å². The zero-order chi connectivity index (χ0) is 10.0. The molecule has 0 spiro atoms. The summed E-state index contributed by atoms with van der Waals surface area (Å²) >= 11 is 0. The quantitative estimate of drug-likeness (QED) is 0.746. The Labute approximate surface area is 120 Å². The van der Waals surface area contributed by atoms with Gasteiger partial charge in [0.25, 0.3) is 0 Å². The van der Waals surface area contributed by atoms with E-state index >= 15 is 0 Å². The molecule has 2 N–H and O–H groups in total. The molecule has 87 valence electrons. The average Bonchev–Trinajstić information content (AvgIpc) is 2.73. The van der Waals surface area contributed by atoms with E-state index in [1.807, 2.05) is 0 Å². The van der Waals surface area contributed by atoms with Crippen LogP contribution in [0.15, 0.2) is 0 Å². The Hall–Kier alpha value is 1.02. The Morgan fingerprint density at radius 2 is 1.47 bits per heavy atom. The first-order valence-electron chi connectivity index (χ1n) is 5.16. The van der Waals surface area contributed by atoms with Gasteiger partial charge in [0.05, 0.1) is 0 Å². The molecule has 1 radical (unpaired) electrons. The van der Waals surface area contributed by atoms with Crippen LogP contribution in [0.2, 0.25) is 0 Å². The van der Waals surface area contributed by atoms with Crippen molar-refractivity contribution < 1.29 is 32.7 Å². The van der Waals surface area contributed by atoms with Gasteiger partial charge in [-0.1, -0.05) is 0 Å². The van der Waals surface area contributed by atoms with E-state index in [4.69, 9.17) is 5.73 Å². The Morgan fingerprint density at radius 1 is 1.13 bits per heavy atom. The van der Waals surface area contributed by atoms with Crippen LogP contribution in [0, 0.1) is 32.2 Å². The van der Waals surface area contributed by atoms with Crippen LogP contribution in [0.25, 0.3) is 0 Å². The summed E-state index contributed by atoms with van der Waals surface area (Å²) < 4.78 is 0. The number of hydrogen-bond acceptors (Lipinski definition) is 2. The third-order valence-corrected chi connectivity index (χ3v) is 4.46. The molecule has 1 unspecified atom stereocenters. The predicted octanol–water partition coefficient (Wildman–Crippen LogP) is 1.92. The summed E-state index contributed by atoms with van der Waals surface area (Å²) in [6.07, 6.45) is 0. The first-order valence-corrected chi connectivity index (χ1v) is 5.16. The summed E-state index contributed by atoms with van der Waals surface area (Å²) in [7, 11) is 4.19. The molecule has 1 heterocycles. The van der Waals surface area contributed by atoms with E-state index in [2.05, 4.69) is 39.6 Å². The van der Waals surface area contributed by atoms with Crippen LogP contribution in [-0.2, 0) is 32.7 Å². The molecule has 0 aromatic rings. The van der Waals surface area contributed by atoms with Crippen molar-refractivity contribution in [3.63, 3.8) is 0 Å². The number of fused-ring (bicyclic) bond motifs is 1. The fourth-order valence-electron chi connectivity index (χ4n) is 3.70. The van der Waals surface area contributed by atoms with E-state index in [0.29, 0.717) is 0 Å². The maximum Gasteiger partial charge on any atom is 0 e. The molecule has 2 fully saturated rings. The molecule has 3 atom stereocenters. The minimum absolute atomic E-state index is 0. The van der Waals surface area contributed by atoms with Gasteiger partial charge in [-0.05, 0) is 63.1 Å². The summed E-state index contributed by atoms with van der Waals surface area (Å²) in [5, 5.41) is 0. The van der Waals surface area contributed by atoms with Gasteiger partial charge in [-0.2, -0.15) is 0 Å². The molecule has 0 amide bonds. The normalized spacial score (nSPS) is 40.0. The Kier molecular flexibility index (Phi) is 4.66. The Balaban J connectivity index is 0.000000980. The van der Waals surface area contributed by atoms with Crippen LogP contribution in [0.4, 0.5) is 0 Å². The fourth-order valence-corrected chi connectivity index (χ4v) is 3.70. The number of hydrogen-bond donors (Lipinski definition) is 1. The summed E-state index contributed by atoms with van der Waals surface area (Å²) in [6.45, 7) is 10.0. The Morgan fingerprint density at radius 3 is 1.73 bits per heavy atom. The topological polar surface area (TPSA) is 29.3 Å². The van der Waals surface area contributed by atoms with E-state index in [-0.39, 0.29) is 51.2 Å². The maximum absolute atomic E-state index is 5.77. The molecule has 0 aromatic heterocycles. The van der Waals surface area contributed by atoms with E-state index in [9.17, 15) is 0 Å². The van der Waals surface area contributed by atoms with Crippen molar-refractivity contribution in [3.05, 3.63) is 14.5 Å². The van der Waals surface area contributed by atoms with Crippen LogP contribution in [0.3, 0.4) is 0 Å². The van der Waals surface area contributed by atoms with E-state index in [1.165, 1.54) is 0 Å². The van der Waals surface area contributed by atoms with Crippen LogP contribution in [-0.4, -0.2) is 22.5 Å². The van der Waals surface area contributed by atoms with Crippen molar-refractivity contribution in [1.29, 1.82) is 0 Å². The van der Waals surface area contributed by atoms with Gasteiger partial charge in [-0.3, -0.25) is 7.05 Å². The minimum Gasteiger partial charge on any atom is -0.449 e. The van der Waals surface area contributed by atoms with E-state index in [1.54, 1.807) is 0 Å². The third-order valence-electron chi connectivity index (χ3n) is 4.46. The van der Waals surface area contributed by atoms with Crippen LogP contribution in [0.5, 0.6) is 0 Å². The molecule has 0 aromatic carbocycles. The number of rotatable bonds is 1. The van der Waals surface area contributed by atoms with Crippen molar-refractivity contribution in [1.82, 2.24) is 4.90 Å². The molecule has 1 saturated carbocycles. The average molecular weight is 285 g/mol. The van der Waals surface area contributed by atoms with Crippen molar-refractivity contribution in [2.24, 2.45) is 23.5 Å². The molecule has 1 aliphatic carbocycles. The van der Waals surface area contributed by atoms with Crippen molar-refractivity contribution in [3.8, 4) is 0 Å². The second kappa shape index (κ2) is 4.36. The van der Waals surface area contributed by atoms with Crippen LogP contribution in [0.1, 0.15) is 27.7 Å². The largest absolute Gasteiger partial charge is 0.449 e. The van der Waals surface area contributed by atoms with Gasteiger partial charge in [0.1, 0.15) is 0 Å².